The first-order chi connectivity index (χ1) is 13.5. The number of rotatable bonds is 6. The maximum Gasteiger partial charge on any atom is 0.325 e. The van der Waals surface area contributed by atoms with Crippen LogP contribution in [-0.4, -0.2) is 16.9 Å². The van der Waals surface area contributed by atoms with Crippen LogP contribution in [0.25, 0.3) is 0 Å². The van der Waals surface area contributed by atoms with E-state index >= 15 is 0 Å². The Kier molecular flexibility index (Phi) is 6.62. The topological polar surface area (TPSA) is 83.1 Å². The number of anilines is 3. The number of carbonyl (C=O) groups excluding carboxylic acids is 2. The molecule has 0 aliphatic heterocycles. The second-order valence-corrected chi connectivity index (χ2v) is 7.39. The Morgan fingerprint density at radius 1 is 1.07 bits per heavy atom. The fourth-order valence-electron chi connectivity index (χ4n) is 2.44. The van der Waals surface area contributed by atoms with Crippen molar-refractivity contribution in [2.45, 2.75) is 19.8 Å². The Balaban J connectivity index is 1.48. The minimum atomic E-state index is -0.360. The molecule has 1 heterocycles. The van der Waals surface area contributed by atoms with E-state index in [2.05, 4.69) is 20.9 Å². The molecule has 0 spiro atoms. The van der Waals surface area contributed by atoms with Gasteiger partial charge in [-0.05, 0) is 43.2 Å². The lowest BCUT2D eigenvalue weighted by atomic mass is 10.2. The molecule has 0 atom stereocenters. The molecular formula is C20H19ClN4O2S. The molecule has 3 rings (SSSR count). The number of aromatic nitrogens is 1. The summed E-state index contributed by atoms with van der Waals surface area (Å²) in [6, 6.07) is 14.2. The number of hydrogen-bond acceptors (Lipinski definition) is 4. The maximum atomic E-state index is 12.2. The Bertz CT molecular complexity index is 975. The van der Waals surface area contributed by atoms with Gasteiger partial charge in [-0.1, -0.05) is 35.9 Å². The molecule has 0 fully saturated rings. The van der Waals surface area contributed by atoms with Crippen LogP contribution in [0.4, 0.5) is 21.3 Å². The average Bonchev–Trinajstić information content (AvgIpc) is 3.11. The van der Waals surface area contributed by atoms with E-state index in [4.69, 9.17) is 11.6 Å². The van der Waals surface area contributed by atoms with Crippen molar-refractivity contribution in [3.63, 3.8) is 0 Å². The summed E-state index contributed by atoms with van der Waals surface area (Å²) in [6.45, 7) is 1.91. The zero-order valence-corrected chi connectivity index (χ0v) is 16.7. The largest absolute Gasteiger partial charge is 0.326 e. The molecule has 0 aliphatic rings. The molecule has 144 valence electrons. The van der Waals surface area contributed by atoms with Crippen LogP contribution in [0.3, 0.4) is 0 Å². The SMILES string of the molecule is Cc1ccc(Cl)cc1NC(=O)CCc1csc(NC(=O)Nc2ccccc2)n1. The van der Waals surface area contributed by atoms with E-state index in [1.165, 1.54) is 11.3 Å². The normalized spacial score (nSPS) is 10.4. The predicted octanol–water partition coefficient (Wildman–Crippen LogP) is 5.32. The van der Waals surface area contributed by atoms with Gasteiger partial charge in [0.1, 0.15) is 0 Å². The molecule has 2 aromatic carbocycles. The number of urea groups is 1. The van der Waals surface area contributed by atoms with Gasteiger partial charge in [0.2, 0.25) is 5.91 Å². The zero-order valence-electron chi connectivity index (χ0n) is 15.2. The van der Waals surface area contributed by atoms with Gasteiger partial charge in [-0.25, -0.2) is 9.78 Å². The summed E-state index contributed by atoms with van der Waals surface area (Å²) in [4.78, 5) is 28.5. The van der Waals surface area contributed by atoms with Crippen LogP contribution in [0.1, 0.15) is 17.7 Å². The van der Waals surface area contributed by atoms with Gasteiger partial charge in [0.25, 0.3) is 0 Å². The molecule has 1 aromatic heterocycles. The molecule has 0 aliphatic carbocycles. The van der Waals surface area contributed by atoms with Gasteiger partial charge >= 0.3 is 6.03 Å². The molecule has 3 N–H and O–H groups in total. The van der Waals surface area contributed by atoms with Gasteiger partial charge in [-0.2, -0.15) is 0 Å². The van der Waals surface area contributed by atoms with Crippen LogP contribution in [0, 0.1) is 6.92 Å². The summed E-state index contributed by atoms with van der Waals surface area (Å²) in [5, 5.41) is 11.2. The van der Waals surface area contributed by atoms with Crippen molar-refractivity contribution in [3.05, 3.63) is 70.2 Å². The van der Waals surface area contributed by atoms with Crippen molar-refractivity contribution in [2.24, 2.45) is 0 Å². The summed E-state index contributed by atoms with van der Waals surface area (Å²) in [6.07, 6.45) is 0.759. The average molecular weight is 415 g/mol. The Morgan fingerprint density at radius 3 is 2.64 bits per heavy atom. The highest BCUT2D eigenvalue weighted by Gasteiger charge is 2.10. The van der Waals surface area contributed by atoms with Gasteiger partial charge in [-0.3, -0.25) is 10.1 Å². The number of aryl methyl sites for hydroxylation is 2. The third-order valence-corrected chi connectivity index (χ3v) is 4.93. The summed E-state index contributed by atoms with van der Waals surface area (Å²) in [7, 11) is 0. The maximum absolute atomic E-state index is 12.2. The van der Waals surface area contributed by atoms with Crippen LogP contribution >= 0.6 is 22.9 Å². The molecule has 3 amide bonds. The van der Waals surface area contributed by atoms with Gasteiger partial charge in [-0.15, -0.1) is 11.3 Å². The minimum Gasteiger partial charge on any atom is -0.326 e. The first-order valence-corrected chi connectivity index (χ1v) is 9.89. The van der Waals surface area contributed by atoms with E-state index in [0.29, 0.717) is 27.9 Å². The highest BCUT2D eigenvalue weighted by Crippen LogP contribution is 2.21. The van der Waals surface area contributed by atoms with E-state index in [0.717, 1.165) is 11.3 Å². The van der Waals surface area contributed by atoms with Crippen molar-refractivity contribution in [3.8, 4) is 0 Å². The highest BCUT2D eigenvalue weighted by atomic mass is 35.5. The van der Waals surface area contributed by atoms with Crippen LogP contribution in [-0.2, 0) is 11.2 Å². The third-order valence-electron chi connectivity index (χ3n) is 3.89. The highest BCUT2D eigenvalue weighted by molar-refractivity contribution is 7.13. The molecule has 3 aromatic rings. The van der Waals surface area contributed by atoms with Gasteiger partial charge in [0.05, 0.1) is 5.69 Å². The standard InChI is InChI=1S/C20H19ClN4O2S/c1-13-7-8-14(21)11-17(13)24-18(26)10-9-16-12-28-20(23-16)25-19(27)22-15-5-3-2-4-6-15/h2-8,11-12H,9-10H2,1H3,(H,24,26)(H2,22,23,25,27). The number of amides is 3. The van der Waals surface area contributed by atoms with Crippen LogP contribution in [0.2, 0.25) is 5.02 Å². The molecular weight excluding hydrogens is 396 g/mol. The Labute approximate surface area is 172 Å². The van der Waals surface area contributed by atoms with Crippen molar-refractivity contribution in [2.75, 3.05) is 16.0 Å². The van der Waals surface area contributed by atoms with Crippen LogP contribution < -0.4 is 16.0 Å². The van der Waals surface area contributed by atoms with Crippen LogP contribution in [0.15, 0.2) is 53.9 Å². The van der Waals surface area contributed by atoms with E-state index in [1.54, 1.807) is 24.3 Å². The number of hydrogen-bond donors (Lipinski definition) is 3. The number of nitrogens with zero attached hydrogens (tertiary/aromatic N) is 1. The first kappa shape index (κ1) is 19.9. The van der Waals surface area contributed by atoms with Crippen LogP contribution in [0.5, 0.6) is 0 Å². The number of thiazole rings is 1. The molecule has 8 heteroatoms. The molecule has 0 saturated carbocycles. The monoisotopic (exact) mass is 414 g/mol. The van der Waals surface area contributed by atoms with E-state index in [1.807, 2.05) is 36.6 Å². The van der Waals surface area contributed by atoms with Gasteiger partial charge < -0.3 is 10.6 Å². The Morgan fingerprint density at radius 2 is 1.86 bits per heavy atom. The summed E-state index contributed by atoms with van der Waals surface area (Å²) < 4.78 is 0. The smallest absolute Gasteiger partial charge is 0.325 e. The summed E-state index contributed by atoms with van der Waals surface area (Å²) in [5.41, 5.74) is 3.10. The zero-order chi connectivity index (χ0) is 19.9. The second-order valence-electron chi connectivity index (χ2n) is 6.10. The summed E-state index contributed by atoms with van der Waals surface area (Å²) in [5.74, 6) is -0.116. The number of halogens is 1. The van der Waals surface area contributed by atoms with Gasteiger partial charge in [0, 0.05) is 28.2 Å². The fraction of sp³-hybridized carbons (Fsp3) is 0.150. The second kappa shape index (κ2) is 9.34. The predicted molar refractivity (Wildman–Crippen MR) is 114 cm³/mol. The Hall–Kier alpha value is -2.90. The molecule has 6 nitrogen and oxygen atoms in total. The molecule has 0 bridgehead atoms. The lowest BCUT2D eigenvalue weighted by Crippen LogP contribution is -2.19. The van der Waals surface area contributed by atoms with E-state index < -0.39 is 0 Å². The van der Waals surface area contributed by atoms with Crippen molar-refractivity contribution in [1.29, 1.82) is 0 Å². The quantitative estimate of drug-likeness (QED) is 0.510. The first-order valence-electron chi connectivity index (χ1n) is 8.63. The van der Waals surface area contributed by atoms with Gasteiger partial charge in [0.15, 0.2) is 5.13 Å². The number of benzene rings is 2. The van der Waals surface area contributed by atoms with Crippen molar-refractivity contribution in [1.82, 2.24) is 4.98 Å². The molecule has 0 unspecified atom stereocenters. The lowest BCUT2D eigenvalue weighted by molar-refractivity contribution is -0.116. The van der Waals surface area contributed by atoms with Crippen molar-refractivity contribution < 1.29 is 9.59 Å². The van der Waals surface area contributed by atoms with E-state index in [-0.39, 0.29) is 18.4 Å². The third kappa shape index (κ3) is 5.80. The van der Waals surface area contributed by atoms with Crippen molar-refractivity contribution >= 4 is 51.4 Å². The molecule has 28 heavy (non-hydrogen) atoms. The fourth-order valence-corrected chi connectivity index (χ4v) is 3.36. The molecule has 0 radical (unpaired) electrons. The summed E-state index contributed by atoms with van der Waals surface area (Å²) >= 11 is 7.29. The number of carbonyl (C=O) groups is 2. The lowest BCUT2D eigenvalue weighted by Gasteiger charge is -2.08. The number of para-hydroxylation sites is 1. The number of nitrogens with one attached hydrogen (secondary N) is 3. The minimum absolute atomic E-state index is 0.116. The molecule has 0 saturated heterocycles. The van der Waals surface area contributed by atoms with E-state index in [9.17, 15) is 9.59 Å².